The summed E-state index contributed by atoms with van der Waals surface area (Å²) in [6.07, 6.45) is -4.47. The molecule has 28 heavy (non-hydrogen) atoms. The highest BCUT2D eigenvalue weighted by Crippen LogP contribution is 2.31. The second-order valence-electron chi connectivity index (χ2n) is 6.52. The molecule has 0 aliphatic rings. The Morgan fingerprint density at radius 2 is 1.79 bits per heavy atom. The fourth-order valence-corrected chi connectivity index (χ4v) is 2.28. The standard InChI is InChI=1S/C20H21F3N2O3/c1-13(2)11-24-18(26)12-28-19(27)16-8-3-4-9-17(16)25-15-7-5-6-14(10-15)20(21,22)23/h3-10,13,25H,11-12H2,1-2H3,(H,24,26). The van der Waals surface area contributed by atoms with Crippen molar-refractivity contribution in [2.24, 2.45) is 5.92 Å². The quantitative estimate of drug-likeness (QED) is 0.684. The lowest BCUT2D eigenvalue weighted by Gasteiger charge is -2.14. The summed E-state index contributed by atoms with van der Waals surface area (Å²) in [7, 11) is 0. The third-order valence-electron chi connectivity index (χ3n) is 3.66. The molecule has 0 aromatic heterocycles. The number of anilines is 2. The van der Waals surface area contributed by atoms with Gasteiger partial charge in [-0.1, -0.05) is 32.0 Å². The van der Waals surface area contributed by atoms with E-state index in [1.54, 1.807) is 12.1 Å². The van der Waals surface area contributed by atoms with Crippen LogP contribution in [0.3, 0.4) is 0 Å². The molecule has 2 rings (SSSR count). The van der Waals surface area contributed by atoms with Gasteiger partial charge < -0.3 is 15.4 Å². The van der Waals surface area contributed by atoms with Crippen molar-refractivity contribution in [2.75, 3.05) is 18.5 Å². The molecule has 2 N–H and O–H groups in total. The fraction of sp³-hybridized carbons (Fsp3) is 0.300. The Kier molecular flexibility index (Phi) is 7.03. The number of benzene rings is 2. The zero-order valence-corrected chi connectivity index (χ0v) is 15.5. The first-order valence-electron chi connectivity index (χ1n) is 8.64. The van der Waals surface area contributed by atoms with Crippen LogP contribution in [0, 0.1) is 5.92 Å². The van der Waals surface area contributed by atoms with Gasteiger partial charge in [0.15, 0.2) is 6.61 Å². The molecule has 0 saturated heterocycles. The fourth-order valence-electron chi connectivity index (χ4n) is 2.28. The number of nitrogens with one attached hydrogen (secondary N) is 2. The van der Waals surface area contributed by atoms with Crippen LogP contribution >= 0.6 is 0 Å². The minimum Gasteiger partial charge on any atom is -0.452 e. The Morgan fingerprint density at radius 1 is 1.07 bits per heavy atom. The zero-order valence-electron chi connectivity index (χ0n) is 15.5. The third kappa shape index (κ3) is 6.29. The largest absolute Gasteiger partial charge is 0.452 e. The topological polar surface area (TPSA) is 67.4 Å². The first kappa shape index (κ1) is 21.3. The van der Waals surface area contributed by atoms with Gasteiger partial charge in [0.25, 0.3) is 5.91 Å². The maximum absolute atomic E-state index is 12.9. The number of esters is 1. The highest BCUT2D eigenvalue weighted by Gasteiger charge is 2.30. The monoisotopic (exact) mass is 394 g/mol. The van der Waals surface area contributed by atoms with Crippen molar-refractivity contribution in [3.63, 3.8) is 0 Å². The Labute approximate surface area is 160 Å². The number of amides is 1. The van der Waals surface area contributed by atoms with Gasteiger partial charge in [-0.3, -0.25) is 4.79 Å². The van der Waals surface area contributed by atoms with Crippen molar-refractivity contribution in [2.45, 2.75) is 20.0 Å². The highest BCUT2D eigenvalue weighted by atomic mass is 19.4. The second-order valence-corrected chi connectivity index (χ2v) is 6.52. The molecule has 0 bridgehead atoms. The van der Waals surface area contributed by atoms with Crippen molar-refractivity contribution in [3.05, 3.63) is 59.7 Å². The number of hydrogen-bond acceptors (Lipinski definition) is 4. The lowest BCUT2D eigenvalue weighted by molar-refractivity contribution is -0.137. The molecule has 2 aromatic carbocycles. The lowest BCUT2D eigenvalue weighted by Crippen LogP contribution is -2.31. The van der Waals surface area contributed by atoms with Crippen LogP contribution in [0.1, 0.15) is 29.8 Å². The van der Waals surface area contributed by atoms with E-state index in [-0.39, 0.29) is 22.9 Å². The smallest absolute Gasteiger partial charge is 0.416 e. The molecule has 2 aromatic rings. The van der Waals surface area contributed by atoms with Gasteiger partial charge in [-0.15, -0.1) is 0 Å². The lowest BCUT2D eigenvalue weighted by atomic mass is 10.1. The van der Waals surface area contributed by atoms with E-state index in [9.17, 15) is 22.8 Å². The summed E-state index contributed by atoms with van der Waals surface area (Å²) < 4.78 is 43.6. The maximum atomic E-state index is 12.9. The molecule has 1 amide bonds. The molecular formula is C20H21F3N2O3. The Morgan fingerprint density at radius 3 is 2.46 bits per heavy atom. The number of carbonyl (C=O) groups is 2. The van der Waals surface area contributed by atoms with Crippen LogP contribution in [0.2, 0.25) is 0 Å². The van der Waals surface area contributed by atoms with Crippen LogP contribution in [0.25, 0.3) is 0 Å². The normalized spacial score (nSPS) is 11.2. The Bertz CT molecular complexity index is 835. The Hall–Kier alpha value is -3.03. The molecule has 0 atom stereocenters. The molecule has 150 valence electrons. The summed E-state index contributed by atoms with van der Waals surface area (Å²) in [5.74, 6) is -0.919. The summed E-state index contributed by atoms with van der Waals surface area (Å²) in [6, 6.07) is 10.8. The van der Waals surface area contributed by atoms with Crippen molar-refractivity contribution in [3.8, 4) is 0 Å². The van der Waals surface area contributed by atoms with Crippen molar-refractivity contribution < 1.29 is 27.5 Å². The summed E-state index contributed by atoms with van der Waals surface area (Å²) in [6.45, 7) is 3.89. The molecule has 0 fully saturated rings. The van der Waals surface area contributed by atoms with Gasteiger partial charge in [-0.2, -0.15) is 13.2 Å². The van der Waals surface area contributed by atoms with E-state index < -0.39 is 30.2 Å². The first-order valence-corrected chi connectivity index (χ1v) is 8.64. The average Bonchev–Trinajstić information content (AvgIpc) is 2.64. The number of halogens is 3. The molecular weight excluding hydrogens is 373 g/mol. The van der Waals surface area contributed by atoms with E-state index in [4.69, 9.17) is 4.74 Å². The molecule has 0 unspecified atom stereocenters. The number of ether oxygens (including phenoxy) is 1. The van der Waals surface area contributed by atoms with Gasteiger partial charge in [0.1, 0.15) is 0 Å². The van der Waals surface area contributed by atoms with E-state index in [0.717, 1.165) is 12.1 Å². The van der Waals surface area contributed by atoms with Crippen molar-refractivity contribution >= 4 is 23.3 Å². The van der Waals surface area contributed by atoms with Gasteiger partial charge in [0.05, 0.1) is 16.8 Å². The van der Waals surface area contributed by atoms with Crippen LogP contribution in [0.5, 0.6) is 0 Å². The van der Waals surface area contributed by atoms with E-state index in [0.29, 0.717) is 6.54 Å². The van der Waals surface area contributed by atoms with E-state index in [1.165, 1.54) is 24.3 Å². The van der Waals surface area contributed by atoms with Crippen LogP contribution in [-0.2, 0) is 15.7 Å². The van der Waals surface area contributed by atoms with E-state index >= 15 is 0 Å². The number of carbonyl (C=O) groups excluding carboxylic acids is 2. The van der Waals surface area contributed by atoms with Crippen LogP contribution in [0.4, 0.5) is 24.5 Å². The SMILES string of the molecule is CC(C)CNC(=O)COC(=O)c1ccccc1Nc1cccc(C(F)(F)F)c1. The number of alkyl halides is 3. The van der Waals surface area contributed by atoms with Crippen LogP contribution in [-0.4, -0.2) is 25.0 Å². The van der Waals surface area contributed by atoms with Gasteiger partial charge in [0.2, 0.25) is 0 Å². The molecule has 0 radical (unpaired) electrons. The maximum Gasteiger partial charge on any atom is 0.416 e. The van der Waals surface area contributed by atoms with Gasteiger partial charge in [-0.05, 0) is 36.2 Å². The second kappa shape index (κ2) is 9.25. The van der Waals surface area contributed by atoms with Crippen LogP contribution in [0.15, 0.2) is 48.5 Å². The number of hydrogen-bond donors (Lipinski definition) is 2. The minimum absolute atomic E-state index is 0.108. The minimum atomic E-state index is -4.47. The number of para-hydroxylation sites is 1. The summed E-state index contributed by atoms with van der Waals surface area (Å²) in [5, 5.41) is 5.42. The van der Waals surface area contributed by atoms with Gasteiger partial charge in [0, 0.05) is 12.2 Å². The molecule has 0 aliphatic carbocycles. The van der Waals surface area contributed by atoms with Crippen molar-refractivity contribution in [1.82, 2.24) is 5.32 Å². The Balaban J connectivity index is 2.08. The van der Waals surface area contributed by atoms with Crippen LogP contribution < -0.4 is 10.6 Å². The van der Waals surface area contributed by atoms with Crippen molar-refractivity contribution in [1.29, 1.82) is 0 Å². The molecule has 0 aliphatic heterocycles. The molecule has 0 spiro atoms. The predicted molar refractivity (Wildman–Crippen MR) is 99.3 cm³/mol. The zero-order chi connectivity index (χ0) is 20.7. The van der Waals surface area contributed by atoms with E-state index in [2.05, 4.69) is 10.6 Å². The summed E-state index contributed by atoms with van der Waals surface area (Å²) in [4.78, 5) is 24.0. The molecule has 5 nitrogen and oxygen atoms in total. The van der Waals surface area contributed by atoms with E-state index in [1.807, 2.05) is 13.8 Å². The average molecular weight is 394 g/mol. The molecule has 8 heteroatoms. The number of rotatable bonds is 7. The summed E-state index contributed by atoms with van der Waals surface area (Å²) >= 11 is 0. The summed E-state index contributed by atoms with van der Waals surface area (Å²) in [5.41, 5.74) is -0.255. The van der Waals surface area contributed by atoms with Gasteiger partial charge in [-0.25, -0.2) is 4.79 Å². The first-order chi connectivity index (χ1) is 13.2. The molecule has 0 heterocycles. The highest BCUT2D eigenvalue weighted by molar-refractivity contribution is 5.97. The third-order valence-corrected chi connectivity index (χ3v) is 3.66. The predicted octanol–water partition coefficient (Wildman–Crippen LogP) is 4.38. The van der Waals surface area contributed by atoms with Gasteiger partial charge >= 0.3 is 12.1 Å². The molecule has 0 saturated carbocycles.